The standard InChI is InChI=1S/C20H24N4O3S/c1-4-14-6-5-7-15(8-14)22-17(25)11-24-20(27)19-16(9-21-24)28-12-18(26)23(19)10-13(2)3/h5-9,13H,4,10-12H2,1-3H3,(H,22,25). The van der Waals surface area contributed by atoms with Gasteiger partial charge < -0.3 is 10.2 Å². The van der Waals surface area contributed by atoms with Crippen molar-refractivity contribution in [1.29, 1.82) is 0 Å². The minimum absolute atomic E-state index is 0.0955. The van der Waals surface area contributed by atoms with E-state index < -0.39 is 5.56 Å². The second-order valence-corrected chi connectivity index (χ2v) is 8.13. The Hall–Kier alpha value is -2.61. The summed E-state index contributed by atoms with van der Waals surface area (Å²) in [4.78, 5) is 39.9. The van der Waals surface area contributed by atoms with Gasteiger partial charge in [-0.1, -0.05) is 32.9 Å². The van der Waals surface area contributed by atoms with Crippen molar-refractivity contribution in [2.75, 3.05) is 22.5 Å². The average Bonchev–Trinajstić information content (AvgIpc) is 2.66. The molecule has 1 N–H and O–H groups in total. The highest BCUT2D eigenvalue weighted by molar-refractivity contribution is 8.00. The fourth-order valence-electron chi connectivity index (χ4n) is 3.04. The molecule has 0 bridgehead atoms. The van der Waals surface area contributed by atoms with Crippen LogP contribution in [0.3, 0.4) is 0 Å². The molecule has 1 aromatic heterocycles. The zero-order chi connectivity index (χ0) is 20.3. The largest absolute Gasteiger partial charge is 0.324 e. The zero-order valence-electron chi connectivity index (χ0n) is 16.3. The normalized spacial score (nSPS) is 13.6. The van der Waals surface area contributed by atoms with Crippen molar-refractivity contribution in [3.63, 3.8) is 0 Å². The number of rotatable bonds is 6. The highest BCUT2D eigenvalue weighted by atomic mass is 32.2. The minimum atomic E-state index is -0.420. The molecule has 0 aliphatic carbocycles. The maximum Gasteiger partial charge on any atom is 0.292 e. The first-order chi connectivity index (χ1) is 13.4. The van der Waals surface area contributed by atoms with Gasteiger partial charge in [0, 0.05) is 12.2 Å². The molecule has 0 fully saturated rings. The van der Waals surface area contributed by atoms with E-state index in [0.29, 0.717) is 28.6 Å². The van der Waals surface area contributed by atoms with Gasteiger partial charge in [-0.05, 0) is 30.0 Å². The number of benzene rings is 1. The molecule has 0 unspecified atom stereocenters. The van der Waals surface area contributed by atoms with Crippen LogP contribution in [-0.2, 0) is 22.6 Å². The molecule has 148 valence electrons. The molecule has 2 heterocycles. The molecular formula is C20H24N4O3S. The smallest absolute Gasteiger partial charge is 0.292 e. The Balaban J connectivity index is 1.83. The van der Waals surface area contributed by atoms with E-state index in [9.17, 15) is 14.4 Å². The number of aryl methyl sites for hydroxylation is 1. The van der Waals surface area contributed by atoms with Crippen LogP contribution in [-0.4, -0.2) is 33.9 Å². The topological polar surface area (TPSA) is 84.3 Å². The van der Waals surface area contributed by atoms with Gasteiger partial charge in [0.2, 0.25) is 11.8 Å². The van der Waals surface area contributed by atoms with E-state index in [2.05, 4.69) is 10.4 Å². The van der Waals surface area contributed by atoms with Crippen LogP contribution in [0.2, 0.25) is 0 Å². The molecule has 1 aliphatic heterocycles. The number of hydrogen-bond acceptors (Lipinski definition) is 5. The molecule has 2 amide bonds. The first-order valence-electron chi connectivity index (χ1n) is 9.31. The fraction of sp³-hybridized carbons (Fsp3) is 0.400. The van der Waals surface area contributed by atoms with Crippen molar-refractivity contribution in [3.05, 3.63) is 46.4 Å². The monoisotopic (exact) mass is 400 g/mol. The van der Waals surface area contributed by atoms with Gasteiger partial charge in [0.05, 0.1) is 16.8 Å². The fourth-order valence-corrected chi connectivity index (χ4v) is 3.93. The summed E-state index contributed by atoms with van der Waals surface area (Å²) in [5, 5.41) is 6.93. The van der Waals surface area contributed by atoms with Crippen LogP contribution in [0.1, 0.15) is 26.3 Å². The quantitative estimate of drug-likeness (QED) is 0.806. The maximum absolute atomic E-state index is 13.0. The maximum atomic E-state index is 13.0. The van der Waals surface area contributed by atoms with Crippen LogP contribution in [0.4, 0.5) is 11.4 Å². The Morgan fingerprint density at radius 2 is 2.11 bits per heavy atom. The Bertz CT molecular complexity index is 955. The van der Waals surface area contributed by atoms with Crippen LogP contribution in [0, 0.1) is 5.92 Å². The third kappa shape index (κ3) is 4.44. The molecule has 28 heavy (non-hydrogen) atoms. The number of carbonyl (C=O) groups excluding carboxylic acids is 2. The molecule has 2 aromatic rings. The van der Waals surface area contributed by atoms with Crippen LogP contribution in [0.25, 0.3) is 0 Å². The summed E-state index contributed by atoms with van der Waals surface area (Å²) in [5.41, 5.74) is 1.70. The van der Waals surface area contributed by atoms with Gasteiger partial charge in [-0.25, -0.2) is 4.68 Å². The summed E-state index contributed by atoms with van der Waals surface area (Å²) in [6, 6.07) is 7.58. The number of anilines is 2. The van der Waals surface area contributed by atoms with Crippen molar-refractivity contribution in [2.45, 2.75) is 38.6 Å². The third-order valence-corrected chi connectivity index (χ3v) is 5.37. The van der Waals surface area contributed by atoms with Crippen molar-refractivity contribution < 1.29 is 9.59 Å². The average molecular weight is 401 g/mol. The molecule has 1 aliphatic rings. The van der Waals surface area contributed by atoms with E-state index in [-0.39, 0.29) is 24.3 Å². The molecule has 0 saturated carbocycles. The summed E-state index contributed by atoms with van der Waals surface area (Å²) in [5.74, 6) is 0.0731. The highest BCUT2D eigenvalue weighted by Gasteiger charge is 2.29. The number of aromatic nitrogens is 2. The zero-order valence-corrected chi connectivity index (χ0v) is 17.1. The Kier molecular flexibility index (Phi) is 6.18. The van der Waals surface area contributed by atoms with Crippen molar-refractivity contribution in [3.8, 4) is 0 Å². The molecule has 0 saturated heterocycles. The van der Waals surface area contributed by atoms with Gasteiger partial charge in [0.1, 0.15) is 12.2 Å². The predicted molar refractivity (Wildman–Crippen MR) is 111 cm³/mol. The second kappa shape index (κ2) is 8.60. The number of amides is 2. The van der Waals surface area contributed by atoms with E-state index in [4.69, 9.17) is 0 Å². The summed E-state index contributed by atoms with van der Waals surface area (Å²) >= 11 is 1.31. The molecular weight excluding hydrogens is 376 g/mol. The van der Waals surface area contributed by atoms with Crippen molar-refractivity contribution in [2.24, 2.45) is 5.92 Å². The highest BCUT2D eigenvalue weighted by Crippen LogP contribution is 2.32. The second-order valence-electron chi connectivity index (χ2n) is 7.11. The number of nitrogens with one attached hydrogen (secondary N) is 1. The van der Waals surface area contributed by atoms with E-state index >= 15 is 0 Å². The number of thioether (sulfide) groups is 1. The molecule has 8 heteroatoms. The van der Waals surface area contributed by atoms with Crippen LogP contribution >= 0.6 is 11.8 Å². The lowest BCUT2D eigenvalue weighted by atomic mass is 10.1. The summed E-state index contributed by atoms with van der Waals surface area (Å²) in [6.45, 7) is 6.27. The van der Waals surface area contributed by atoms with E-state index in [1.165, 1.54) is 16.7 Å². The Morgan fingerprint density at radius 3 is 2.82 bits per heavy atom. The van der Waals surface area contributed by atoms with E-state index in [1.54, 1.807) is 12.3 Å². The first kappa shape index (κ1) is 20.1. The molecule has 0 spiro atoms. The molecule has 3 rings (SSSR count). The molecule has 0 atom stereocenters. The van der Waals surface area contributed by atoms with Crippen molar-refractivity contribution in [1.82, 2.24) is 9.78 Å². The number of fused-ring (bicyclic) bond motifs is 1. The summed E-state index contributed by atoms with van der Waals surface area (Å²) < 4.78 is 1.12. The molecule has 7 nitrogen and oxygen atoms in total. The lowest BCUT2D eigenvalue weighted by molar-refractivity contribution is -0.117. The SMILES string of the molecule is CCc1cccc(NC(=O)Cn2ncc3c(c2=O)N(CC(C)C)C(=O)CS3)c1. The number of nitrogens with zero attached hydrogens (tertiary/aromatic N) is 3. The predicted octanol–water partition coefficient (Wildman–Crippen LogP) is 2.54. The number of hydrogen-bond donors (Lipinski definition) is 1. The summed E-state index contributed by atoms with van der Waals surface area (Å²) in [7, 11) is 0. The van der Waals surface area contributed by atoms with Gasteiger partial charge in [0.25, 0.3) is 5.56 Å². The van der Waals surface area contributed by atoms with Crippen LogP contribution < -0.4 is 15.8 Å². The van der Waals surface area contributed by atoms with E-state index in [0.717, 1.165) is 16.7 Å². The number of carbonyl (C=O) groups is 2. The van der Waals surface area contributed by atoms with Crippen molar-refractivity contribution >= 4 is 35.0 Å². The van der Waals surface area contributed by atoms with Gasteiger partial charge in [-0.2, -0.15) is 5.10 Å². The molecule has 1 aromatic carbocycles. The molecule has 0 radical (unpaired) electrons. The Morgan fingerprint density at radius 1 is 1.32 bits per heavy atom. The van der Waals surface area contributed by atoms with Crippen LogP contribution in [0.5, 0.6) is 0 Å². The third-order valence-electron chi connectivity index (χ3n) is 4.37. The Labute approximate surface area is 168 Å². The van der Waals surface area contributed by atoms with Gasteiger partial charge in [-0.3, -0.25) is 14.4 Å². The minimum Gasteiger partial charge on any atom is -0.324 e. The lowest BCUT2D eigenvalue weighted by Crippen LogP contribution is -2.44. The van der Waals surface area contributed by atoms with Crippen LogP contribution in [0.15, 0.2) is 40.2 Å². The lowest BCUT2D eigenvalue weighted by Gasteiger charge is -2.29. The van der Waals surface area contributed by atoms with Gasteiger partial charge >= 0.3 is 0 Å². The summed E-state index contributed by atoms with van der Waals surface area (Å²) in [6.07, 6.45) is 2.43. The van der Waals surface area contributed by atoms with E-state index in [1.807, 2.05) is 39.0 Å². The van der Waals surface area contributed by atoms with Gasteiger partial charge in [0.15, 0.2) is 0 Å². The first-order valence-corrected chi connectivity index (χ1v) is 10.3. The van der Waals surface area contributed by atoms with Gasteiger partial charge in [-0.15, -0.1) is 11.8 Å².